The van der Waals surface area contributed by atoms with Gasteiger partial charge in [-0.3, -0.25) is 9.36 Å². The third-order valence-electron chi connectivity index (χ3n) is 3.61. The zero-order valence-electron chi connectivity index (χ0n) is 9.16. The lowest BCUT2D eigenvalue weighted by Crippen LogP contribution is -2.29. The molecule has 3 rings (SSSR count). The largest absolute Gasteiger partial charge is 0.296 e. The molecule has 1 aromatic rings. The van der Waals surface area contributed by atoms with Crippen LogP contribution < -0.4 is 5.56 Å². The summed E-state index contributed by atoms with van der Waals surface area (Å²) in [6.45, 7) is 0.842. The lowest BCUT2D eigenvalue weighted by molar-refractivity contribution is 0.269. The summed E-state index contributed by atoms with van der Waals surface area (Å²) < 4.78 is 1.85. The first-order chi connectivity index (χ1) is 7.74. The fourth-order valence-electron chi connectivity index (χ4n) is 2.27. The van der Waals surface area contributed by atoms with Gasteiger partial charge in [0.05, 0.1) is 0 Å². The molecule has 3 nitrogen and oxygen atoms in total. The summed E-state index contributed by atoms with van der Waals surface area (Å²) in [5, 5.41) is 0.344. The van der Waals surface area contributed by atoms with Gasteiger partial charge in [-0.2, -0.15) is 0 Å². The van der Waals surface area contributed by atoms with Gasteiger partial charge in [0.25, 0.3) is 5.56 Å². The predicted molar refractivity (Wildman–Crippen MR) is 62.8 cm³/mol. The highest BCUT2D eigenvalue weighted by atomic mass is 35.5. The Hall–Kier alpha value is -0.830. The van der Waals surface area contributed by atoms with E-state index >= 15 is 0 Å². The van der Waals surface area contributed by atoms with Crippen molar-refractivity contribution in [2.75, 3.05) is 0 Å². The van der Waals surface area contributed by atoms with Gasteiger partial charge in [-0.1, -0.05) is 18.0 Å². The van der Waals surface area contributed by atoms with Gasteiger partial charge in [-0.25, -0.2) is 4.98 Å². The molecule has 86 valence electrons. The van der Waals surface area contributed by atoms with E-state index in [0.29, 0.717) is 17.0 Å². The van der Waals surface area contributed by atoms with Gasteiger partial charge in [-0.15, -0.1) is 0 Å². The molecule has 0 N–H and O–H groups in total. The number of aromatic nitrogens is 2. The van der Waals surface area contributed by atoms with Crippen molar-refractivity contribution in [3.63, 3.8) is 0 Å². The molecule has 0 atom stereocenters. The second-order valence-corrected chi connectivity index (χ2v) is 5.34. The van der Waals surface area contributed by atoms with Crippen molar-refractivity contribution >= 4 is 11.6 Å². The quantitative estimate of drug-likeness (QED) is 0.759. The molecule has 0 aliphatic heterocycles. The Balaban J connectivity index is 1.96. The van der Waals surface area contributed by atoms with Crippen LogP contribution in [0.4, 0.5) is 0 Å². The van der Waals surface area contributed by atoms with E-state index in [1.54, 1.807) is 0 Å². The Bertz CT molecular complexity index is 461. The maximum absolute atomic E-state index is 11.9. The average molecular weight is 239 g/mol. The molecule has 0 unspecified atom stereocenters. The molecule has 0 radical (unpaired) electrons. The Labute approximate surface area is 99.5 Å². The lowest BCUT2D eigenvalue weighted by atomic mass is 9.85. The summed E-state index contributed by atoms with van der Waals surface area (Å²) in [5.41, 5.74) is 0.0220. The maximum atomic E-state index is 11.9. The molecule has 0 aromatic carbocycles. The summed E-state index contributed by atoms with van der Waals surface area (Å²) >= 11 is 5.85. The second kappa shape index (κ2) is 3.88. The zero-order valence-corrected chi connectivity index (χ0v) is 9.91. The maximum Gasteiger partial charge on any atom is 0.254 e. The van der Waals surface area contributed by atoms with E-state index in [4.69, 9.17) is 11.6 Å². The number of nitrogens with zero attached hydrogens (tertiary/aromatic N) is 2. The third-order valence-corrected chi connectivity index (χ3v) is 3.81. The van der Waals surface area contributed by atoms with Crippen LogP contribution in [0, 0.1) is 5.92 Å². The van der Waals surface area contributed by atoms with Gasteiger partial charge in [0.2, 0.25) is 0 Å². The molecule has 1 aromatic heterocycles. The topological polar surface area (TPSA) is 34.9 Å². The first-order valence-electron chi connectivity index (χ1n) is 6.01. The van der Waals surface area contributed by atoms with E-state index in [9.17, 15) is 4.79 Å². The van der Waals surface area contributed by atoms with Gasteiger partial charge in [0, 0.05) is 18.5 Å². The van der Waals surface area contributed by atoms with E-state index < -0.39 is 0 Å². The molecule has 0 saturated heterocycles. The van der Waals surface area contributed by atoms with Crippen LogP contribution in [0.3, 0.4) is 0 Å². The minimum absolute atomic E-state index is 0.0220. The first-order valence-corrected chi connectivity index (χ1v) is 6.39. The summed E-state index contributed by atoms with van der Waals surface area (Å²) in [4.78, 5) is 16.2. The molecule has 16 heavy (non-hydrogen) atoms. The normalized spacial score (nSPS) is 20.8. The molecule has 0 amide bonds. The molecule has 0 spiro atoms. The van der Waals surface area contributed by atoms with Crippen LogP contribution in [-0.4, -0.2) is 9.55 Å². The molecule has 1 heterocycles. The van der Waals surface area contributed by atoms with Crippen LogP contribution in [0.2, 0.25) is 5.15 Å². The van der Waals surface area contributed by atoms with Crippen LogP contribution in [-0.2, 0) is 6.54 Å². The highest BCUT2D eigenvalue weighted by molar-refractivity contribution is 6.29. The van der Waals surface area contributed by atoms with Crippen molar-refractivity contribution < 1.29 is 0 Å². The average Bonchev–Trinajstić information content (AvgIpc) is 2.95. The number of rotatable bonds is 3. The highest BCUT2D eigenvalue weighted by Gasteiger charge is 2.30. The zero-order chi connectivity index (χ0) is 11.1. The van der Waals surface area contributed by atoms with Crippen molar-refractivity contribution in [1.82, 2.24) is 9.55 Å². The smallest absolute Gasteiger partial charge is 0.254 e. The van der Waals surface area contributed by atoms with Crippen LogP contribution in [0.15, 0.2) is 10.9 Å². The van der Waals surface area contributed by atoms with E-state index in [-0.39, 0.29) is 5.56 Å². The summed E-state index contributed by atoms with van der Waals surface area (Å²) in [6.07, 6.45) is 6.10. The molecule has 4 heteroatoms. The highest BCUT2D eigenvalue weighted by Crippen LogP contribution is 2.39. The Morgan fingerprint density at radius 2 is 2.12 bits per heavy atom. The van der Waals surface area contributed by atoms with Crippen molar-refractivity contribution in [2.45, 2.75) is 44.6 Å². The standard InChI is InChI=1S/C12H15ClN2O/c13-10-6-11(16)15(7-8-2-1-3-8)12(14-10)9-4-5-9/h6,8-9H,1-5,7H2. The van der Waals surface area contributed by atoms with Gasteiger partial charge in [-0.05, 0) is 31.6 Å². The van der Waals surface area contributed by atoms with Crippen molar-refractivity contribution in [1.29, 1.82) is 0 Å². The number of hydrogen-bond acceptors (Lipinski definition) is 2. The van der Waals surface area contributed by atoms with Crippen LogP contribution in [0.5, 0.6) is 0 Å². The second-order valence-electron chi connectivity index (χ2n) is 4.96. The molecular formula is C12H15ClN2O. The Morgan fingerprint density at radius 1 is 1.38 bits per heavy atom. The molecule has 2 fully saturated rings. The van der Waals surface area contributed by atoms with E-state index in [2.05, 4.69) is 4.98 Å². The minimum atomic E-state index is 0.0220. The van der Waals surface area contributed by atoms with Crippen molar-refractivity contribution in [3.05, 3.63) is 27.4 Å². The number of halogens is 1. The van der Waals surface area contributed by atoms with Crippen molar-refractivity contribution in [3.8, 4) is 0 Å². The first kappa shape index (κ1) is 10.3. The van der Waals surface area contributed by atoms with E-state index in [1.807, 2.05) is 4.57 Å². The summed E-state index contributed by atoms with van der Waals surface area (Å²) in [5.74, 6) is 2.08. The SMILES string of the molecule is O=c1cc(Cl)nc(C2CC2)n1CC1CCC1. The predicted octanol–water partition coefficient (Wildman–Crippen LogP) is 2.57. The van der Waals surface area contributed by atoms with Gasteiger partial charge < -0.3 is 0 Å². The van der Waals surface area contributed by atoms with Crippen molar-refractivity contribution in [2.24, 2.45) is 5.92 Å². The monoisotopic (exact) mass is 238 g/mol. The molecule has 2 aliphatic carbocycles. The van der Waals surface area contributed by atoms with Gasteiger partial charge in [0.15, 0.2) is 0 Å². The van der Waals surface area contributed by atoms with Crippen LogP contribution in [0.1, 0.15) is 43.8 Å². The van der Waals surface area contributed by atoms with Gasteiger partial charge in [0.1, 0.15) is 11.0 Å². The Kier molecular flexibility index (Phi) is 2.51. The van der Waals surface area contributed by atoms with E-state index in [0.717, 1.165) is 25.2 Å². The molecule has 2 saturated carbocycles. The van der Waals surface area contributed by atoms with Gasteiger partial charge >= 0.3 is 0 Å². The number of hydrogen-bond donors (Lipinski definition) is 0. The molecule has 2 aliphatic rings. The lowest BCUT2D eigenvalue weighted by Gasteiger charge is -2.26. The molecular weight excluding hydrogens is 224 g/mol. The van der Waals surface area contributed by atoms with E-state index in [1.165, 1.54) is 25.3 Å². The van der Waals surface area contributed by atoms with Crippen LogP contribution >= 0.6 is 11.6 Å². The Morgan fingerprint density at radius 3 is 2.69 bits per heavy atom. The minimum Gasteiger partial charge on any atom is -0.296 e. The third kappa shape index (κ3) is 1.88. The van der Waals surface area contributed by atoms with Crippen LogP contribution in [0.25, 0.3) is 0 Å². The molecule has 0 bridgehead atoms. The fourth-order valence-corrected chi connectivity index (χ4v) is 2.44. The summed E-state index contributed by atoms with van der Waals surface area (Å²) in [6, 6.07) is 1.44. The summed E-state index contributed by atoms with van der Waals surface area (Å²) in [7, 11) is 0. The fraction of sp³-hybridized carbons (Fsp3) is 0.667.